The molecule has 1 heterocycles. The zero-order valence-corrected chi connectivity index (χ0v) is 13.6. The summed E-state index contributed by atoms with van der Waals surface area (Å²) in [7, 11) is -2.87. The Balaban J connectivity index is 2.31. The van der Waals surface area contributed by atoms with E-state index in [0.717, 1.165) is 27.3 Å². The summed E-state index contributed by atoms with van der Waals surface area (Å²) in [5.41, 5.74) is 1.78. The highest BCUT2D eigenvalue weighted by atomic mass is 31.2. The van der Waals surface area contributed by atoms with Crippen LogP contribution in [0.1, 0.15) is 11.4 Å². The quantitative estimate of drug-likeness (QED) is 0.695. The van der Waals surface area contributed by atoms with Crippen LogP contribution < -0.4 is 15.9 Å². The molecule has 3 rings (SSSR count). The summed E-state index contributed by atoms with van der Waals surface area (Å²) in [6.07, 6.45) is 0. The Bertz CT molecular complexity index is 765. The zero-order valence-electron chi connectivity index (χ0n) is 12.7. The summed E-state index contributed by atoms with van der Waals surface area (Å²) >= 11 is 0. The molecule has 3 aromatic rings. The summed E-state index contributed by atoms with van der Waals surface area (Å²) in [5.74, 6) is 0. The van der Waals surface area contributed by atoms with E-state index in [1.807, 2.05) is 86.6 Å². The Morgan fingerprint density at radius 1 is 0.682 bits per heavy atom. The average molecular weight is 307 g/mol. The van der Waals surface area contributed by atoms with E-state index in [0.29, 0.717) is 0 Å². The normalized spacial score (nSPS) is 11.4. The van der Waals surface area contributed by atoms with Gasteiger partial charge < -0.3 is 4.57 Å². The molecule has 0 aliphatic rings. The van der Waals surface area contributed by atoms with Gasteiger partial charge in [-0.25, -0.2) is 0 Å². The van der Waals surface area contributed by atoms with Crippen LogP contribution in [-0.4, -0.2) is 4.98 Å². The van der Waals surface area contributed by atoms with E-state index in [4.69, 9.17) is 0 Å². The van der Waals surface area contributed by atoms with Crippen molar-refractivity contribution < 1.29 is 4.57 Å². The molecule has 0 saturated carbocycles. The topological polar surface area (TPSA) is 30.0 Å². The Morgan fingerprint density at radius 2 is 1.09 bits per heavy atom. The fourth-order valence-corrected chi connectivity index (χ4v) is 5.53. The lowest BCUT2D eigenvalue weighted by atomic mass is 10.3. The van der Waals surface area contributed by atoms with Gasteiger partial charge in [-0.05, 0) is 26.0 Å². The maximum absolute atomic E-state index is 14.1. The van der Waals surface area contributed by atoms with Gasteiger partial charge in [-0.1, -0.05) is 60.7 Å². The smallest absolute Gasteiger partial charge is 0.171 e. The lowest BCUT2D eigenvalue weighted by Crippen LogP contribution is -2.25. The maximum Gasteiger partial charge on any atom is 0.171 e. The second-order valence-corrected chi connectivity index (χ2v) is 8.16. The van der Waals surface area contributed by atoms with Crippen molar-refractivity contribution in [2.24, 2.45) is 0 Å². The van der Waals surface area contributed by atoms with Crippen LogP contribution in [0.3, 0.4) is 0 Å². The lowest BCUT2D eigenvalue weighted by molar-refractivity contribution is 0.592. The summed E-state index contributed by atoms with van der Waals surface area (Å²) in [6, 6.07) is 23.3. The van der Waals surface area contributed by atoms with Gasteiger partial charge >= 0.3 is 0 Å². The van der Waals surface area contributed by atoms with Crippen molar-refractivity contribution in [3.8, 4) is 0 Å². The van der Waals surface area contributed by atoms with E-state index in [1.54, 1.807) is 0 Å². The number of hydrogen-bond donors (Lipinski definition) is 0. The van der Waals surface area contributed by atoms with Crippen molar-refractivity contribution in [3.05, 3.63) is 84.2 Å². The molecule has 0 radical (unpaired) electrons. The summed E-state index contributed by atoms with van der Waals surface area (Å²) in [6.45, 7) is 3.88. The minimum absolute atomic E-state index is 0.842. The van der Waals surface area contributed by atoms with Crippen molar-refractivity contribution in [1.82, 2.24) is 4.98 Å². The molecule has 0 aliphatic carbocycles. The Kier molecular flexibility index (Phi) is 3.96. The standard InChI is InChI=1S/C19H18NOP/c1-15-13-19(14-16(2)20-15)22(21,17-9-5-3-6-10-17)18-11-7-4-8-12-18/h3-14H,1-2H3. The number of benzene rings is 2. The average Bonchev–Trinajstić information content (AvgIpc) is 2.55. The second-order valence-electron chi connectivity index (χ2n) is 5.39. The van der Waals surface area contributed by atoms with Gasteiger partial charge in [0.05, 0.1) is 0 Å². The molecular formula is C19H18NOP. The highest BCUT2D eigenvalue weighted by molar-refractivity contribution is 7.85. The molecule has 2 nitrogen and oxygen atoms in total. The Hall–Kier alpha value is -2.18. The Labute approximate surface area is 131 Å². The van der Waals surface area contributed by atoms with Crippen molar-refractivity contribution in [1.29, 1.82) is 0 Å². The number of aromatic nitrogens is 1. The van der Waals surface area contributed by atoms with Crippen LogP contribution >= 0.6 is 7.14 Å². The van der Waals surface area contributed by atoms with E-state index in [1.165, 1.54) is 0 Å². The summed E-state index contributed by atoms with van der Waals surface area (Å²) < 4.78 is 14.1. The molecule has 22 heavy (non-hydrogen) atoms. The van der Waals surface area contributed by atoms with E-state index in [-0.39, 0.29) is 0 Å². The van der Waals surface area contributed by atoms with Crippen molar-refractivity contribution in [2.75, 3.05) is 0 Å². The zero-order chi connectivity index (χ0) is 15.6. The fourth-order valence-electron chi connectivity index (χ4n) is 2.72. The van der Waals surface area contributed by atoms with E-state index in [9.17, 15) is 4.57 Å². The van der Waals surface area contributed by atoms with Crippen LogP contribution in [0.2, 0.25) is 0 Å². The lowest BCUT2D eigenvalue weighted by Gasteiger charge is -2.20. The summed E-state index contributed by atoms with van der Waals surface area (Å²) in [4.78, 5) is 4.41. The molecule has 0 amide bonds. The first-order valence-corrected chi connectivity index (χ1v) is 8.98. The number of pyridine rings is 1. The molecule has 0 unspecified atom stereocenters. The molecular weight excluding hydrogens is 289 g/mol. The predicted octanol–water partition coefficient (Wildman–Crippen LogP) is 3.34. The van der Waals surface area contributed by atoms with Crippen LogP contribution in [-0.2, 0) is 4.57 Å². The molecule has 0 atom stereocenters. The molecule has 3 heteroatoms. The van der Waals surface area contributed by atoms with Gasteiger partial charge in [0.2, 0.25) is 0 Å². The summed E-state index contributed by atoms with van der Waals surface area (Å²) in [5, 5.41) is 2.55. The Morgan fingerprint density at radius 3 is 1.50 bits per heavy atom. The molecule has 1 aromatic heterocycles. The molecule has 0 fully saturated rings. The van der Waals surface area contributed by atoms with Gasteiger partial charge in [-0.2, -0.15) is 0 Å². The molecule has 2 aromatic carbocycles. The van der Waals surface area contributed by atoms with Crippen molar-refractivity contribution in [2.45, 2.75) is 13.8 Å². The molecule has 0 spiro atoms. The van der Waals surface area contributed by atoms with Crippen LogP contribution in [0.5, 0.6) is 0 Å². The minimum Gasteiger partial charge on any atom is -0.309 e. The molecule has 110 valence electrons. The first-order valence-electron chi connectivity index (χ1n) is 7.28. The SMILES string of the molecule is Cc1cc(P(=O)(c2ccccc2)c2ccccc2)cc(C)n1. The highest BCUT2D eigenvalue weighted by Crippen LogP contribution is 2.42. The maximum atomic E-state index is 14.1. The molecule has 0 saturated heterocycles. The molecule has 0 N–H and O–H groups in total. The van der Waals surface area contributed by atoms with Gasteiger partial charge in [0.1, 0.15) is 0 Å². The second kappa shape index (κ2) is 5.90. The third kappa shape index (κ3) is 2.63. The monoisotopic (exact) mass is 307 g/mol. The highest BCUT2D eigenvalue weighted by Gasteiger charge is 2.29. The van der Waals surface area contributed by atoms with Gasteiger partial charge in [0.15, 0.2) is 7.14 Å². The van der Waals surface area contributed by atoms with Crippen molar-refractivity contribution >= 4 is 23.1 Å². The van der Waals surface area contributed by atoms with Gasteiger partial charge in [-0.3, -0.25) is 4.98 Å². The first kappa shape index (κ1) is 14.7. The van der Waals surface area contributed by atoms with Crippen LogP contribution in [0, 0.1) is 13.8 Å². The van der Waals surface area contributed by atoms with Gasteiger partial charge in [0.25, 0.3) is 0 Å². The van der Waals surface area contributed by atoms with Gasteiger partial charge in [-0.15, -0.1) is 0 Å². The number of aryl methyl sites for hydroxylation is 2. The number of rotatable bonds is 3. The van der Waals surface area contributed by atoms with E-state index in [2.05, 4.69) is 4.98 Å². The van der Waals surface area contributed by atoms with Crippen LogP contribution in [0.25, 0.3) is 0 Å². The van der Waals surface area contributed by atoms with Crippen LogP contribution in [0.4, 0.5) is 0 Å². The third-order valence-corrected chi connectivity index (χ3v) is 6.71. The predicted molar refractivity (Wildman–Crippen MR) is 93.1 cm³/mol. The van der Waals surface area contributed by atoms with E-state index >= 15 is 0 Å². The van der Waals surface area contributed by atoms with Gasteiger partial charge in [0, 0.05) is 27.3 Å². The number of hydrogen-bond acceptors (Lipinski definition) is 2. The number of nitrogens with zero attached hydrogens (tertiary/aromatic N) is 1. The largest absolute Gasteiger partial charge is 0.309 e. The first-order chi connectivity index (χ1) is 10.6. The van der Waals surface area contributed by atoms with Crippen molar-refractivity contribution in [3.63, 3.8) is 0 Å². The molecule has 0 bridgehead atoms. The third-order valence-electron chi connectivity index (χ3n) is 3.67. The van der Waals surface area contributed by atoms with E-state index < -0.39 is 7.14 Å². The minimum atomic E-state index is -2.87. The fraction of sp³-hybridized carbons (Fsp3) is 0.105. The van der Waals surface area contributed by atoms with Crippen LogP contribution in [0.15, 0.2) is 72.8 Å². The molecule has 0 aliphatic heterocycles.